The number of rotatable bonds is 3. The Hall–Kier alpha value is -1.08. The van der Waals surface area contributed by atoms with Crippen molar-refractivity contribution in [3.63, 3.8) is 0 Å². The van der Waals surface area contributed by atoms with Crippen LogP contribution in [0.15, 0.2) is 0 Å². The van der Waals surface area contributed by atoms with Crippen LogP contribution < -0.4 is 0 Å². The zero-order valence-corrected chi connectivity index (χ0v) is 15.2. The van der Waals surface area contributed by atoms with E-state index in [4.69, 9.17) is 0 Å². The summed E-state index contributed by atoms with van der Waals surface area (Å²) in [6.07, 6.45) is 5.89. The highest BCUT2D eigenvalue weighted by Crippen LogP contribution is 2.67. The third-order valence-electron chi connectivity index (χ3n) is 7.72. The summed E-state index contributed by atoms with van der Waals surface area (Å²) in [5.74, 6) is 0.195. The summed E-state index contributed by atoms with van der Waals surface area (Å²) < 4.78 is 0. The molecular formula is C19H31N3O. The fourth-order valence-corrected chi connectivity index (χ4v) is 5.71. The Labute approximate surface area is 140 Å². The lowest BCUT2D eigenvalue weighted by Gasteiger charge is -2.56. The SMILES string of the molecule is CN1C[C@]2(C)CC[C@](CCC(=O)N3CCC[C@H]3C#N)(C1)C2(C)C. The van der Waals surface area contributed by atoms with Crippen molar-refractivity contribution in [2.75, 3.05) is 26.7 Å². The minimum atomic E-state index is -0.184. The van der Waals surface area contributed by atoms with E-state index in [9.17, 15) is 10.1 Å². The van der Waals surface area contributed by atoms with E-state index in [1.807, 2.05) is 4.90 Å². The molecule has 2 bridgehead atoms. The maximum Gasteiger partial charge on any atom is 0.223 e. The number of piperidine rings is 1. The molecule has 0 aromatic carbocycles. The quantitative estimate of drug-likeness (QED) is 0.804. The molecular weight excluding hydrogens is 286 g/mol. The van der Waals surface area contributed by atoms with E-state index in [0.717, 1.165) is 32.4 Å². The number of nitrogens with zero attached hydrogens (tertiary/aromatic N) is 3. The van der Waals surface area contributed by atoms with Crippen molar-refractivity contribution in [2.45, 2.75) is 65.3 Å². The topological polar surface area (TPSA) is 47.3 Å². The number of carbonyl (C=O) groups is 1. The van der Waals surface area contributed by atoms with Crippen molar-refractivity contribution in [2.24, 2.45) is 16.2 Å². The fraction of sp³-hybridized carbons (Fsp3) is 0.895. The smallest absolute Gasteiger partial charge is 0.223 e. The summed E-state index contributed by atoms with van der Waals surface area (Å²) in [6, 6.07) is 2.11. The first kappa shape index (κ1) is 16.8. The van der Waals surface area contributed by atoms with Crippen molar-refractivity contribution >= 4 is 5.91 Å². The normalized spacial score (nSPS) is 39.4. The number of hydrogen-bond acceptors (Lipinski definition) is 3. The zero-order chi connectivity index (χ0) is 16.9. The maximum atomic E-state index is 12.7. The predicted octanol–water partition coefficient (Wildman–Crippen LogP) is 3.04. The lowest BCUT2D eigenvalue weighted by atomic mass is 9.55. The van der Waals surface area contributed by atoms with Crippen LogP contribution >= 0.6 is 0 Å². The first-order valence-corrected chi connectivity index (χ1v) is 9.12. The second-order valence-electron chi connectivity index (χ2n) is 9.01. The van der Waals surface area contributed by atoms with E-state index >= 15 is 0 Å². The molecule has 1 aliphatic carbocycles. The average Bonchev–Trinajstić information content (AvgIpc) is 2.98. The Morgan fingerprint density at radius 1 is 1.26 bits per heavy atom. The van der Waals surface area contributed by atoms with Gasteiger partial charge in [-0.2, -0.15) is 5.26 Å². The van der Waals surface area contributed by atoms with Crippen LogP contribution in [0, 0.1) is 27.6 Å². The molecule has 0 unspecified atom stereocenters. The summed E-state index contributed by atoms with van der Waals surface area (Å²) in [5, 5.41) is 9.21. The fourth-order valence-electron chi connectivity index (χ4n) is 5.71. The highest BCUT2D eigenvalue weighted by Gasteiger charge is 2.63. The Morgan fingerprint density at radius 2 is 2.00 bits per heavy atom. The van der Waals surface area contributed by atoms with Crippen molar-refractivity contribution < 1.29 is 4.79 Å². The van der Waals surface area contributed by atoms with E-state index in [1.54, 1.807) is 0 Å². The lowest BCUT2D eigenvalue weighted by Crippen LogP contribution is -2.57. The van der Waals surface area contributed by atoms with E-state index < -0.39 is 0 Å². The van der Waals surface area contributed by atoms with Crippen LogP contribution in [-0.2, 0) is 4.79 Å². The van der Waals surface area contributed by atoms with Gasteiger partial charge in [0.2, 0.25) is 5.91 Å². The summed E-state index contributed by atoms with van der Waals surface area (Å²) in [6.45, 7) is 10.3. The number of likely N-dealkylation sites (tertiary alicyclic amines) is 2. The molecule has 0 aromatic rings. The first-order valence-electron chi connectivity index (χ1n) is 9.12. The molecule has 0 aromatic heterocycles. The Morgan fingerprint density at radius 3 is 2.70 bits per heavy atom. The molecule has 2 saturated heterocycles. The van der Waals surface area contributed by atoms with Gasteiger partial charge in [-0.3, -0.25) is 4.79 Å². The van der Waals surface area contributed by atoms with Crippen LogP contribution in [0.1, 0.15) is 59.3 Å². The molecule has 3 fully saturated rings. The third-order valence-corrected chi connectivity index (χ3v) is 7.72. The number of nitriles is 1. The molecule has 0 N–H and O–H groups in total. The highest BCUT2D eigenvalue weighted by molar-refractivity contribution is 5.77. The Kier molecular flexibility index (Phi) is 3.99. The summed E-state index contributed by atoms with van der Waals surface area (Å²) in [4.78, 5) is 17.0. The van der Waals surface area contributed by atoms with Gasteiger partial charge in [0.1, 0.15) is 6.04 Å². The van der Waals surface area contributed by atoms with E-state index in [2.05, 4.69) is 38.8 Å². The van der Waals surface area contributed by atoms with Gasteiger partial charge in [0, 0.05) is 26.1 Å². The number of fused-ring (bicyclic) bond motifs is 2. The van der Waals surface area contributed by atoms with Crippen LogP contribution in [0.5, 0.6) is 0 Å². The van der Waals surface area contributed by atoms with Gasteiger partial charge in [-0.15, -0.1) is 0 Å². The molecule has 0 spiro atoms. The molecule has 0 radical (unpaired) electrons. The van der Waals surface area contributed by atoms with E-state index in [-0.39, 0.29) is 22.8 Å². The molecule has 1 saturated carbocycles. The number of hydrogen-bond donors (Lipinski definition) is 0. The molecule has 2 aliphatic heterocycles. The standard InChI is InChI=1S/C19H31N3O/c1-17(2)18(3)9-10-19(17,14-21(4)13-18)8-7-16(23)22-11-5-6-15(22)12-20/h15H,5-11,13-14H2,1-4H3/t15-,18-,19+/m0/s1. The first-order chi connectivity index (χ1) is 10.7. The Balaban J connectivity index is 1.72. The molecule has 23 heavy (non-hydrogen) atoms. The van der Waals surface area contributed by atoms with E-state index in [1.165, 1.54) is 19.4 Å². The van der Waals surface area contributed by atoms with Crippen LogP contribution in [0.4, 0.5) is 0 Å². The summed E-state index contributed by atoms with van der Waals surface area (Å²) >= 11 is 0. The van der Waals surface area contributed by atoms with Crippen LogP contribution in [0.2, 0.25) is 0 Å². The van der Waals surface area contributed by atoms with Gasteiger partial charge < -0.3 is 9.80 Å². The summed E-state index contributed by atoms with van der Waals surface area (Å²) in [7, 11) is 2.22. The summed E-state index contributed by atoms with van der Waals surface area (Å²) in [5.41, 5.74) is 0.866. The van der Waals surface area contributed by atoms with Gasteiger partial charge in [0.05, 0.1) is 6.07 Å². The van der Waals surface area contributed by atoms with Gasteiger partial charge >= 0.3 is 0 Å². The van der Waals surface area contributed by atoms with Gasteiger partial charge in [0.25, 0.3) is 0 Å². The second kappa shape index (κ2) is 5.48. The van der Waals surface area contributed by atoms with Crippen molar-refractivity contribution in [3.8, 4) is 6.07 Å². The maximum absolute atomic E-state index is 12.7. The minimum Gasteiger partial charge on any atom is -0.327 e. The van der Waals surface area contributed by atoms with Gasteiger partial charge in [-0.1, -0.05) is 20.8 Å². The number of carbonyl (C=O) groups excluding carboxylic acids is 1. The van der Waals surface area contributed by atoms with Gasteiger partial charge in [-0.05, 0) is 55.4 Å². The largest absolute Gasteiger partial charge is 0.327 e. The third kappa shape index (κ3) is 2.39. The van der Waals surface area contributed by atoms with Crippen molar-refractivity contribution in [1.82, 2.24) is 9.80 Å². The monoisotopic (exact) mass is 317 g/mol. The van der Waals surface area contributed by atoms with Crippen molar-refractivity contribution in [1.29, 1.82) is 5.26 Å². The molecule has 3 rings (SSSR count). The zero-order valence-electron chi connectivity index (χ0n) is 15.2. The molecule has 4 heteroatoms. The second-order valence-corrected chi connectivity index (χ2v) is 9.01. The Bertz CT molecular complexity index is 537. The molecule has 2 heterocycles. The van der Waals surface area contributed by atoms with Crippen LogP contribution in [-0.4, -0.2) is 48.4 Å². The molecule has 3 atom stereocenters. The average molecular weight is 317 g/mol. The van der Waals surface area contributed by atoms with Crippen LogP contribution in [0.3, 0.4) is 0 Å². The van der Waals surface area contributed by atoms with E-state index in [0.29, 0.717) is 11.8 Å². The van der Waals surface area contributed by atoms with Crippen LogP contribution in [0.25, 0.3) is 0 Å². The molecule has 1 amide bonds. The predicted molar refractivity (Wildman–Crippen MR) is 90.6 cm³/mol. The lowest BCUT2D eigenvalue weighted by molar-refractivity contribution is -0.133. The highest BCUT2D eigenvalue weighted by atomic mass is 16.2. The molecule has 4 nitrogen and oxygen atoms in total. The number of amides is 1. The minimum absolute atomic E-state index is 0.184. The van der Waals surface area contributed by atoms with Crippen molar-refractivity contribution in [3.05, 3.63) is 0 Å². The van der Waals surface area contributed by atoms with Gasteiger partial charge in [0.15, 0.2) is 0 Å². The molecule has 3 aliphatic rings. The molecule has 128 valence electrons. The van der Waals surface area contributed by atoms with Gasteiger partial charge in [-0.25, -0.2) is 0 Å².